The summed E-state index contributed by atoms with van der Waals surface area (Å²) in [5.41, 5.74) is 7.07. The second kappa shape index (κ2) is 4.21. The summed E-state index contributed by atoms with van der Waals surface area (Å²) in [5, 5.41) is 5.21. The topological polar surface area (TPSA) is 38.9 Å². The van der Waals surface area contributed by atoms with E-state index in [0.717, 1.165) is 17.1 Å². The highest BCUT2D eigenvalue weighted by molar-refractivity contribution is 7.10. The number of thiazole rings is 1. The van der Waals surface area contributed by atoms with E-state index in [9.17, 15) is 0 Å². The summed E-state index contributed by atoms with van der Waals surface area (Å²) < 4.78 is 0. The molecule has 0 saturated carbocycles. The molecule has 1 unspecified atom stereocenters. The highest BCUT2D eigenvalue weighted by Gasteiger charge is 2.10. The van der Waals surface area contributed by atoms with Crippen LogP contribution in [0.5, 0.6) is 0 Å². The maximum Gasteiger partial charge on any atom is 0.0898 e. The second-order valence-corrected chi connectivity index (χ2v) is 5.28. The fourth-order valence-corrected chi connectivity index (χ4v) is 2.74. The van der Waals surface area contributed by atoms with Gasteiger partial charge < -0.3 is 5.73 Å². The Labute approximate surface area is 91.4 Å². The van der Waals surface area contributed by atoms with E-state index in [2.05, 4.69) is 22.5 Å². The summed E-state index contributed by atoms with van der Waals surface area (Å²) >= 11 is 3.41. The van der Waals surface area contributed by atoms with E-state index in [4.69, 9.17) is 5.73 Å². The van der Waals surface area contributed by atoms with Crippen LogP contribution < -0.4 is 5.73 Å². The summed E-state index contributed by atoms with van der Waals surface area (Å²) in [7, 11) is 0. The smallest absolute Gasteiger partial charge is 0.0898 e. The van der Waals surface area contributed by atoms with Crippen molar-refractivity contribution >= 4 is 22.7 Å². The summed E-state index contributed by atoms with van der Waals surface area (Å²) in [5.74, 6) is 0. The molecule has 2 rings (SSSR count). The summed E-state index contributed by atoms with van der Waals surface area (Å²) in [6, 6.07) is 4.21. The van der Waals surface area contributed by atoms with Crippen LogP contribution in [0.2, 0.25) is 0 Å². The Balaban J connectivity index is 2.06. The van der Waals surface area contributed by atoms with E-state index in [1.54, 1.807) is 22.7 Å². The molecule has 0 amide bonds. The zero-order valence-electron chi connectivity index (χ0n) is 7.93. The largest absolute Gasteiger partial charge is 0.322 e. The van der Waals surface area contributed by atoms with Crippen molar-refractivity contribution < 1.29 is 0 Å². The number of thiophene rings is 1. The van der Waals surface area contributed by atoms with Crippen LogP contribution in [0, 0.1) is 6.92 Å². The molecule has 74 valence electrons. The van der Waals surface area contributed by atoms with Gasteiger partial charge in [-0.1, -0.05) is 6.07 Å². The number of aryl methyl sites for hydroxylation is 1. The van der Waals surface area contributed by atoms with E-state index in [1.165, 1.54) is 4.88 Å². The van der Waals surface area contributed by atoms with Crippen LogP contribution >= 0.6 is 22.7 Å². The van der Waals surface area contributed by atoms with Gasteiger partial charge in [-0.25, -0.2) is 4.98 Å². The highest BCUT2D eigenvalue weighted by Crippen LogP contribution is 2.20. The molecule has 0 aliphatic carbocycles. The Hall–Kier alpha value is -0.710. The Bertz CT molecular complexity index is 392. The van der Waals surface area contributed by atoms with Gasteiger partial charge in [-0.2, -0.15) is 0 Å². The number of hydrogen-bond donors (Lipinski definition) is 1. The molecule has 0 bridgehead atoms. The van der Waals surface area contributed by atoms with Gasteiger partial charge >= 0.3 is 0 Å². The van der Waals surface area contributed by atoms with Gasteiger partial charge in [0.2, 0.25) is 0 Å². The minimum atomic E-state index is 0.0404. The van der Waals surface area contributed by atoms with Crippen molar-refractivity contribution in [3.8, 4) is 0 Å². The maximum atomic E-state index is 6.05. The minimum Gasteiger partial charge on any atom is -0.322 e. The molecule has 0 aromatic carbocycles. The zero-order chi connectivity index (χ0) is 9.97. The first-order chi connectivity index (χ1) is 6.75. The van der Waals surface area contributed by atoms with Gasteiger partial charge in [0.05, 0.1) is 16.7 Å². The van der Waals surface area contributed by atoms with Crippen molar-refractivity contribution in [1.29, 1.82) is 0 Å². The van der Waals surface area contributed by atoms with E-state index in [-0.39, 0.29) is 6.04 Å². The van der Waals surface area contributed by atoms with Gasteiger partial charge in [0, 0.05) is 16.7 Å². The first-order valence-corrected chi connectivity index (χ1v) is 6.21. The normalized spacial score (nSPS) is 13.0. The lowest BCUT2D eigenvalue weighted by Gasteiger charge is -2.06. The lowest BCUT2D eigenvalue weighted by molar-refractivity contribution is 0.707. The molecule has 2 heterocycles. The first kappa shape index (κ1) is 9.83. The molecule has 1 atom stereocenters. The lowest BCUT2D eigenvalue weighted by Crippen LogP contribution is -2.13. The standard InChI is InChI=1S/C10H12N2S2/c1-7-12-10(6-14-7)9(11)5-8-3-2-4-13-8/h2-4,6,9H,5,11H2,1H3. The fraction of sp³-hybridized carbons (Fsp3) is 0.300. The van der Waals surface area contributed by atoms with Crippen molar-refractivity contribution in [2.75, 3.05) is 0 Å². The van der Waals surface area contributed by atoms with Crippen LogP contribution in [-0.2, 0) is 6.42 Å². The number of aromatic nitrogens is 1. The molecule has 0 spiro atoms. The molecule has 0 saturated heterocycles. The molecular weight excluding hydrogens is 212 g/mol. The predicted molar refractivity (Wildman–Crippen MR) is 61.8 cm³/mol. The maximum absolute atomic E-state index is 6.05. The van der Waals surface area contributed by atoms with Crippen LogP contribution in [0.15, 0.2) is 22.9 Å². The minimum absolute atomic E-state index is 0.0404. The molecular formula is C10H12N2S2. The monoisotopic (exact) mass is 224 g/mol. The SMILES string of the molecule is Cc1nc(C(N)Cc2cccs2)cs1. The molecule has 4 heteroatoms. The van der Waals surface area contributed by atoms with Gasteiger partial charge in [0.15, 0.2) is 0 Å². The van der Waals surface area contributed by atoms with E-state index in [0.29, 0.717) is 0 Å². The third-order valence-corrected chi connectivity index (χ3v) is 3.71. The van der Waals surface area contributed by atoms with Crippen molar-refractivity contribution in [3.05, 3.63) is 38.5 Å². The van der Waals surface area contributed by atoms with Crippen LogP contribution in [0.4, 0.5) is 0 Å². The molecule has 0 radical (unpaired) electrons. The second-order valence-electron chi connectivity index (χ2n) is 3.18. The average Bonchev–Trinajstić information content (AvgIpc) is 2.75. The Kier molecular flexibility index (Phi) is 2.96. The van der Waals surface area contributed by atoms with E-state index in [1.807, 2.05) is 12.3 Å². The summed E-state index contributed by atoms with van der Waals surface area (Å²) in [6.45, 7) is 2.01. The number of hydrogen-bond acceptors (Lipinski definition) is 4. The third kappa shape index (κ3) is 2.20. The van der Waals surface area contributed by atoms with Crippen LogP contribution in [0.25, 0.3) is 0 Å². The van der Waals surface area contributed by atoms with Crippen LogP contribution in [0.1, 0.15) is 21.6 Å². The number of nitrogens with zero attached hydrogens (tertiary/aromatic N) is 1. The van der Waals surface area contributed by atoms with Gasteiger partial charge in [0.1, 0.15) is 0 Å². The molecule has 2 N–H and O–H groups in total. The Morgan fingerprint density at radius 2 is 2.36 bits per heavy atom. The molecule has 2 nitrogen and oxygen atoms in total. The highest BCUT2D eigenvalue weighted by atomic mass is 32.1. The van der Waals surface area contributed by atoms with Gasteiger partial charge in [-0.15, -0.1) is 22.7 Å². The quantitative estimate of drug-likeness (QED) is 0.870. The molecule has 2 aromatic rings. The van der Waals surface area contributed by atoms with Gasteiger partial charge in [-0.3, -0.25) is 0 Å². The fourth-order valence-electron chi connectivity index (χ4n) is 1.30. The molecule has 0 aliphatic rings. The summed E-state index contributed by atoms with van der Waals surface area (Å²) in [4.78, 5) is 5.71. The Morgan fingerprint density at radius 1 is 1.50 bits per heavy atom. The third-order valence-electron chi connectivity index (χ3n) is 2.02. The van der Waals surface area contributed by atoms with Crippen molar-refractivity contribution in [2.24, 2.45) is 5.73 Å². The van der Waals surface area contributed by atoms with E-state index < -0.39 is 0 Å². The first-order valence-electron chi connectivity index (χ1n) is 4.45. The molecule has 0 aliphatic heterocycles. The molecule has 0 fully saturated rings. The van der Waals surface area contributed by atoms with Crippen molar-refractivity contribution in [2.45, 2.75) is 19.4 Å². The zero-order valence-corrected chi connectivity index (χ0v) is 9.57. The molecule has 14 heavy (non-hydrogen) atoms. The number of rotatable bonds is 3. The lowest BCUT2D eigenvalue weighted by atomic mass is 10.1. The summed E-state index contributed by atoms with van der Waals surface area (Å²) in [6.07, 6.45) is 0.890. The van der Waals surface area contributed by atoms with Crippen molar-refractivity contribution in [3.63, 3.8) is 0 Å². The van der Waals surface area contributed by atoms with E-state index >= 15 is 0 Å². The van der Waals surface area contributed by atoms with Gasteiger partial charge in [-0.05, 0) is 18.4 Å². The van der Waals surface area contributed by atoms with Crippen LogP contribution in [-0.4, -0.2) is 4.98 Å². The number of nitrogens with two attached hydrogens (primary N) is 1. The van der Waals surface area contributed by atoms with Crippen LogP contribution in [0.3, 0.4) is 0 Å². The predicted octanol–water partition coefficient (Wildman–Crippen LogP) is 2.76. The Morgan fingerprint density at radius 3 is 2.93 bits per heavy atom. The molecule has 2 aromatic heterocycles. The average molecular weight is 224 g/mol. The van der Waals surface area contributed by atoms with Crippen molar-refractivity contribution in [1.82, 2.24) is 4.98 Å². The van der Waals surface area contributed by atoms with Gasteiger partial charge in [0.25, 0.3) is 0 Å².